The summed E-state index contributed by atoms with van der Waals surface area (Å²) in [5.74, 6) is 0.141. The molecule has 0 radical (unpaired) electrons. The van der Waals surface area contributed by atoms with E-state index in [2.05, 4.69) is 0 Å². The Labute approximate surface area is 113 Å². The Bertz CT molecular complexity index is 512. The van der Waals surface area contributed by atoms with E-state index in [1.54, 1.807) is 17.0 Å². The fourth-order valence-electron chi connectivity index (χ4n) is 2.41. The molecular weight excluding hydrogens is 268 g/mol. The van der Waals surface area contributed by atoms with Gasteiger partial charge in [-0.25, -0.2) is 0 Å². The fraction of sp³-hybridized carbons (Fsp3) is 0.417. The average molecular weight is 280 g/mol. The van der Waals surface area contributed by atoms with Gasteiger partial charge in [-0.2, -0.15) is 0 Å². The molecule has 3 amide bonds. The van der Waals surface area contributed by atoms with E-state index in [9.17, 15) is 14.4 Å². The summed E-state index contributed by atoms with van der Waals surface area (Å²) in [6.45, 7) is 0.920. The zero-order chi connectivity index (χ0) is 13.4. The van der Waals surface area contributed by atoms with Crippen molar-refractivity contribution in [2.45, 2.75) is 12.5 Å². The molecular formula is C12H12N2O4S. The average Bonchev–Trinajstić information content (AvgIpc) is 3.10. The summed E-state index contributed by atoms with van der Waals surface area (Å²) in [4.78, 5) is 38.2. The third kappa shape index (κ3) is 2.14. The van der Waals surface area contributed by atoms with Crippen LogP contribution in [0, 0.1) is 0 Å². The molecule has 1 unspecified atom stereocenters. The van der Waals surface area contributed by atoms with Crippen LogP contribution in [0.15, 0.2) is 22.8 Å². The molecule has 0 spiro atoms. The SMILES string of the molecule is O=C(c1ccco1)N1CCC(N2C(=O)CSC2=O)C1. The van der Waals surface area contributed by atoms with Crippen LogP contribution >= 0.6 is 11.8 Å². The minimum atomic E-state index is -0.206. The van der Waals surface area contributed by atoms with Crippen molar-refractivity contribution in [2.75, 3.05) is 18.8 Å². The summed E-state index contributed by atoms with van der Waals surface area (Å²) in [5, 5.41) is -0.206. The van der Waals surface area contributed by atoms with E-state index in [-0.39, 0.29) is 34.6 Å². The van der Waals surface area contributed by atoms with Gasteiger partial charge < -0.3 is 9.32 Å². The zero-order valence-electron chi connectivity index (χ0n) is 10.1. The van der Waals surface area contributed by atoms with Crippen LogP contribution in [0.1, 0.15) is 17.0 Å². The smallest absolute Gasteiger partial charge is 0.289 e. The number of rotatable bonds is 2. The number of amides is 3. The Morgan fingerprint density at radius 3 is 2.89 bits per heavy atom. The zero-order valence-corrected chi connectivity index (χ0v) is 10.9. The Hall–Kier alpha value is -1.76. The third-order valence-electron chi connectivity index (χ3n) is 3.33. The van der Waals surface area contributed by atoms with Crippen LogP contribution in [-0.4, -0.2) is 51.7 Å². The van der Waals surface area contributed by atoms with Crippen LogP contribution in [0.5, 0.6) is 0 Å². The molecule has 0 bridgehead atoms. The lowest BCUT2D eigenvalue weighted by Crippen LogP contribution is -2.41. The van der Waals surface area contributed by atoms with E-state index in [1.165, 1.54) is 11.2 Å². The van der Waals surface area contributed by atoms with E-state index in [0.717, 1.165) is 11.8 Å². The summed E-state index contributed by atoms with van der Waals surface area (Å²) >= 11 is 1.02. The van der Waals surface area contributed by atoms with Crippen molar-refractivity contribution in [3.63, 3.8) is 0 Å². The Kier molecular flexibility index (Phi) is 3.06. The number of imide groups is 1. The Morgan fingerprint density at radius 1 is 1.42 bits per heavy atom. The highest BCUT2D eigenvalue weighted by molar-refractivity contribution is 8.14. The van der Waals surface area contributed by atoms with E-state index in [1.807, 2.05) is 0 Å². The first-order valence-corrected chi connectivity index (χ1v) is 6.97. The molecule has 0 saturated carbocycles. The molecule has 2 aliphatic rings. The molecule has 0 N–H and O–H groups in total. The van der Waals surface area contributed by atoms with Gasteiger partial charge in [-0.1, -0.05) is 11.8 Å². The lowest BCUT2D eigenvalue weighted by Gasteiger charge is -2.21. The molecule has 2 saturated heterocycles. The molecule has 19 heavy (non-hydrogen) atoms. The maximum atomic E-state index is 12.1. The maximum absolute atomic E-state index is 12.1. The van der Waals surface area contributed by atoms with Gasteiger partial charge in [-0.3, -0.25) is 19.3 Å². The Balaban J connectivity index is 1.69. The number of hydrogen-bond acceptors (Lipinski definition) is 5. The van der Waals surface area contributed by atoms with Gasteiger partial charge in [0.25, 0.3) is 11.1 Å². The molecule has 3 rings (SSSR count). The fourth-order valence-corrected chi connectivity index (χ4v) is 3.19. The predicted octanol–water partition coefficient (Wildman–Crippen LogP) is 1.19. The largest absolute Gasteiger partial charge is 0.459 e. The molecule has 6 nitrogen and oxygen atoms in total. The van der Waals surface area contributed by atoms with Crippen molar-refractivity contribution >= 4 is 28.8 Å². The van der Waals surface area contributed by atoms with Gasteiger partial charge in [0.2, 0.25) is 5.91 Å². The lowest BCUT2D eigenvalue weighted by molar-refractivity contribution is -0.126. The van der Waals surface area contributed by atoms with Gasteiger partial charge in [0.1, 0.15) is 0 Å². The van der Waals surface area contributed by atoms with Crippen LogP contribution in [0.2, 0.25) is 0 Å². The van der Waals surface area contributed by atoms with Gasteiger partial charge in [0, 0.05) is 13.1 Å². The second kappa shape index (κ2) is 4.73. The molecule has 1 aromatic rings. The summed E-state index contributed by atoms with van der Waals surface area (Å²) in [6.07, 6.45) is 2.08. The highest BCUT2D eigenvalue weighted by Gasteiger charge is 2.40. The molecule has 2 aliphatic heterocycles. The maximum Gasteiger partial charge on any atom is 0.289 e. The Morgan fingerprint density at radius 2 is 2.26 bits per heavy atom. The standard InChI is InChI=1S/C12H12N2O4S/c15-10-7-19-12(17)14(10)8-3-4-13(6-8)11(16)9-2-1-5-18-9/h1-2,5,8H,3-4,6-7H2. The number of nitrogens with zero attached hydrogens (tertiary/aromatic N) is 2. The lowest BCUT2D eigenvalue weighted by atomic mass is 10.2. The number of likely N-dealkylation sites (tertiary alicyclic amines) is 1. The van der Waals surface area contributed by atoms with Gasteiger partial charge in [0.05, 0.1) is 18.1 Å². The number of thioether (sulfide) groups is 1. The number of hydrogen-bond donors (Lipinski definition) is 0. The first-order chi connectivity index (χ1) is 9.16. The monoisotopic (exact) mass is 280 g/mol. The van der Waals surface area contributed by atoms with Crippen LogP contribution in [0.3, 0.4) is 0 Å². The molecule has 2 fully saturated rings. The molecule has 0 aliphatic carbocycles. The van der Waals surface area contributed by atoms with E-state index < -0.39 is 0 Å². The molecule has 7 heteroatoms. The number of carbonyl (C=O) groups excluding carboxylic acids is 3. The van der Waals surface area contributed by atoms with Crippen LogP contribution in [-0.2, 0) is 4.79 Å². The number of carbonyl (C=O) groups is 3. The summed E-state index contributed by atoms with van der Waals surface area (Å²) < 4.78 is 5.07. The molecule has 3 heterocycles. The normalized spacial score (nSPS) is 23.5. The molecule has 100 valence electrons. The van der Waals surface area contributed by atoms with Crippen molar-refractivity contribution in [1.29, 1.82) is 0 Å². The quantitative estimate of drug-likeness (QED) is 0.813. The van der Waals surface area contributed by atoms with Crippen LogP contribution < -0.4 is 0 Å². The minimum absolute atomic E-state index is 0.160. The van der Waals surface area contributed by atoms with E-state index in [4.69, 9.17) is 4.42 Å². The van der Waals surface area contributed by atoms with Gasteiger partial charge in [0.15, 0.2) is 5.76 Å². The molecule has 1 atom stereocenters. The third-order valence-corrected chi connectivity index (χ3v) is 4.17. The topological polar surface area (TPSA) is 70.8 Å². The first kappa shape index (κ1) is 12.3. The van der Waals surface area contributed by atoms with Crippen molar-refractivity contribution in [3.05, 3.63) is 24.2 Å². The summed E-state index contributed by atoms with van der Waals surface area (Å²) in [6, 6.07) is 3.07. The number of furan rings is 1. The second-order valence-electron chi connectivity index (χ2n) is 4.49. The van der Waals surface area contributed by atoms with Crippen molar-refractivity contribution in [2.24, 2.45) is 0 Å². The van der Waals surface area contributed by atoms with Crippen LogP contribution in [0.4, 0.5) is 4.79 Å². The minimum Gasteiger partial charge on any atom is -0.459 e. The summed E-state index contributed by atoms with van der Waals surface area (Å²) in [7, 11) is 0. The summed E-state index contributed by atoms with van der Waals surface area (Å²) in [5.41, 5.74) is 0. The second-order valence-corrected chi connectivity index (χ2v) is 5.42. The van der Waals surface area contributed by atoms with Crippen LogP contribution in [0.25, 0.3) is 0 Å². The van der Waals surface area contributed by atoms with E-state index >= 15 is 0 Å². The van der Waals surface area contributed by atoms with Gasteiger partial charge in [-0.15, -0.1) is 0 Å². The molecule has 0 aromatic carbocycles. The highest BCUT2D eigenvalue weighted by Crippen LogP contribution is 2.26. The van der Waals surface area contributed by atoms with Crippen molar-refractivity contribution < 1.29 is 18.8 Å². The van der Waals surface area contributed by atoms with Gasteiger partial charge in [-0.05, 0) is 18.6 Å². The van der Waals surface area contributed by atoms with Gasteiger partial charge >= 0.3 is 0 Å². The molecule has 1 aromatic heterocycles. The first-order valence-electron chi connectivity index (χ1n) is 5.98. The predicted molar refractivity (Wildman–Crippen MR) is 67.7 cm³/mol. The van der Waals surface area contributed by atoms with Crippen molar-refractivity contribution in [1.82, 2.24) is 9.80 Å². The highest BCUT2D eigenvalue weighted by atomic mass is 32.2. The van der Waals surface area contributed by atoms with Crippen molar-refractivity contribution in [3.8, 4) is 0 Å². The van der Waals surface area contributed by atoms with E-state index in [0.29, 0.717) is 19.5 Å².